The molecule has 2 rings (SSSR count). The molecule has 6 heteroatoms. The Morgan fingerprint density at radius 1 is 1.23 bits per heavy atom. The van der Waals surface area contributed by atoms with Crippen molar-refractivity contribution in [1.82, 2.24) is 10.9 Å². The maximum absolute atomic E-state index is 11.7. The van der Waals surface area contributed by atoms with Crippen LogP contribution >= 0.6 is 11.3 Å². The van der Waals surface area contributed by atoms with E-state index in [0.29, 0.717) is 10.6 Å². The van der Waals surface area contributed by atoms with Gasteiger partial charge in [0.15, 0.2) is 0 Å². The summed E-state index contributed by atoms with van der Waals surface area (Å²) in [5.41, 5.74) is 6.54. The molecular weight excluding hydrogens is 300 g/mol. The summed E-state index contributed by atoms with van der Waals surface area (Å²) in [6, 6.07) is 9.13. The van der Waals surface area contributed by atoms with Gasteiger partial charge in [-0.25, -0.2) is 0 Å². The van der Waals surface area contributed by atoms with Gasteiger partial charge >= 0.3 is 0 Å². The average molecular weight is 316 g/mol. The highest BCUT2D eigenvalue weighted by molar-refractivity contribution is 7.12. The molecule has 0 bridgehead atoms. The van der Waals surface area contributed by atoms with Crippen LogP contribution in [0.15, 0.2) is 41.8 Å². The second-order valence-electron chi connectivity index (χ2n) is 4.50. The van der Waals surface area contributed by atoms with Crippen LogP contribution in [-0.4, -0.2) is 18.9 Å². The normalized spacial score (nSPS) is 10.5. The molecular formula is C16H16N2O3S. The number of aryl methyl sites for hydroxylation is 1. The van der Waals surface area contributed by atoms with Crippen molar-refractivity contribution in [1.29, 1.82) is 0 Å². The van der Waals surface area contributed by atoms with Gasteiger partial charge in [0.05, 0.1) is 12.0 Å². The minimum absolute atomic E-state index is 0.343. The molecule has 1 aromatic heterocycles. The molecule has 0 unspecified atom stereocenters. The minimum atomic E-state index is -0.423. The van der Waals surface area contributed by atoms with Crippen LogP contribution in [0.2, 0.25) is 0 Å². The lowest BCUT2D eigenvalue weighted by molar-refractivity contribution is -0.117. The van der Waals surface area contributed by atoms with E-state index in [1.165, 1.54) is 17.4 Å². The summed E-state index contributed by atoms with van der Waals surface area (Å²) in [6.45, 7) is 1.96. The highest BCUT2D eigenvalue weighted by atomic mass is 32.1. The number of amides is 2. The summed E-state index contributed by atoms with van der Waals surface area (Å²) in [4.78, 5) is 23.9. The van der Waals surface area contributed by atoms with E-state index in [2.05, 4.69) is 10.9 Å². The summed E-state index contributed by atoms with van der Waals surface area (Å²) in [5, 5.41) is 1.79. The van der Waals surface area contributed by atoms with E-state index in [-0.39, 0.29) is 5.91 Å². The molecule has 22 heavy (non-hydrogen) atoms. The number of ether oxygens (including phenoxy) is 1. The Hall–Kier alpha value is -2.60. The number of carbonyl (C=O) groups is 2. The number of thiophene rings is 1. The Labute approximate surface area is 132 Å². The third kappa shape index (κ3) is 4.20. The number of methoxy groups -OCH3 is 1. The maximum Gasteiger partial charge on any atom is 0.279 e. The highest BCUT2D eigenvalue weighted by Gasteiger charge is 2.06. The lowest BCUT2D eigenvalue weighted by Gasteiger charge is -2.06. The number of nitrogens with one attached hydrogen (secondary N) is 2. The molecule has 114 valence electrons. The van der Waals surface area contributed by atoms with E-state index in [0.717, 1.165) is 11.1 Å². The van der Waals surface area contributed by atoms with Crippen LogP contribution in [-0.2, 0) is 4.79 Å². The first-order chi connectivity index (χ1) is 10.6. The van der Waals surface area contributed by atoms with Crippen LogP contribution in [0.3, 0.4) is 0 Å². The number of hydrazine groups is 1. The standard InChI is InChI=1S/C16H16N2O3S/c1-11-5-7-13(21-2)12(10-11)6-8-15(19)17-18-16(20)14-4-3-9-22-14/h3-10H,1-2H3,(H,17,19)(H,18,20)/b8-6+. The summed E-state index contributed by atoms with van der Waals surface area (Å²) < 4.78 is 5.23. The van der Waals surface area contributed by atoms with E-state index in [9.17, 15) is 9.59 Å². The van der Waals surface area contributed by atoms with Gasteiger partial charge in [-0.15, -0.1) is 11.3 Å². The first kappa shape index (κ1) is 15.8. The van der Waals surface area contributed by atoms with Crippen molar-refractivity contribution in [2.24, 2.45) is 0 Å². The Morgan fingerprint density at radius 3 is 2.73 bits per heavy atom. The smallest absolute Gasteiger partial charge is 0.279 e. The Morgan fingerprint density at radius 2 is 2.05 bits per heavy atom. The van der Waals surface area contributed by atoms with Gasteiger partial charge in [0.25, 0.3) is 11.8 Å². The van der Waals surface area contributed by atoms with Gasteiger partial charge in [-0.3, -0.25) is 20.4 Å². The number of hydrogen-bond donors (Lipinski definition) is 2. The first-order valence-electron chi connectivity index (χ1n) is 6.56. The van der Waals surface area contributed by atoms with Crippen molar-refractivity contribution in [2.45, 2.75) is 6.92 Å². The Balaban J connectivity index is 1.94. The average Bonchev–Trinajstić information content (AvgIpc) is 3.05. The lowest BCUT2D eigenvalue weighted by Crippen LogP contribution is -2.40. The van der Waals surface area contributed by atoms with Gasteiger partial charge in [0, 0.05) is 11.6 Å². The van der Waals surface area contributed by atoms with E-state index in [1.807, 2.05) is 25.1 Å². The first-order valence-corrected chi connectivity index (χ1v) is 7.44. The molecule has 2 aromatic rings. The van der Waals surface area contributed by atoms with E-state index < -0.39 is 5.91 Å². The molecule has 1 aromatic carbocycles. The van der Waals surface area contributed by atoms with Crippen molar-refractivity contribution in [3.63, 3.8) is 0 Å². The molecule has 0 aliphatic heterocycles. The van der Waals surface area contributed by atoms with Crippen molar-refractivity contribution >= 4 is 29.2 Å². The third-order valence-corrected chi connectivity index (χ3v) is 3.71. The van der Waals surface area contributed by atoms with Gasteiger partial charge < -0.3 is 4.74 Å². The molecule has 0 fully saturated rings. The zero-order valence-electron chi connectivity index (χ0n) is 12.3. The van der Waals surface area contributed by atoms with Gasteiger partial charge in [0.2, 0.25) is 0 Å². The van der Waals surface area contributed by atoms with Crippen molar-refractivity contribution in [2.75, 3.05) is 7.11 Å². The molecule has 1 heterocycles. The van der Waals surface area contributed by atoms with Crippen molar-refractivity contribution in [3.05, 3.63) is 57.8 Å². The fourth-order valence-electron chi connectivity index (χ4n) is 1.78. The molecule has 0 saturated heterocycles. The van der Waals surface area contributed by atoms with Crippen molar-refractivity contribution in [3.8, 4) is 5.75 Å². The summed E-state index contributed by atoms with van der Waals surface area (Å²) in [5.74, 6) is -0.0874. The van der Waals surface area contributed by atoms with Crippen LogP contribution in [0.1, 0.15) is 20.8 Å². The van der Waals surface area contributed by atoms with E-state index in [1.54, 1.807) is 30.7 Å². The van der Waals surface area contributed by atoms with Crippen molar-refractivity contribution < 1.29 is 14.3 Å². The second kappa shape index (κ2) is 7.42. The Bertz CT molecular complexity index is 693. The predicted octanol–water partition coefficient (Wildman–Crippen LogP) is 2.54. The zero-order valence-corrected chi connectivity index (χ0v) is 13.1. The number of hydrogen-bond acceptors (Lipinski definition) is 4. The van der Waals surface area contributed by atoms with Gasteiger partial charge in [-0.05, 0) is 36.6 Å². The van der Waals surface area contributed by atoms with Crippen LogP contribution in [0.25, 0.3) is 6.08 Å². The lowest BCUT2D eigenvalue weighted by atomic mass is 10.1. The SMILES string of the molecule is COc1ccc(C)cc1/C=C/C(=O)NNC(=O)c1cccs1. The molecule has 2 N–H and O–H groups in total. The minimum Gasteiger partial charge on any atom is -0.496 e. The number of rotatable bonds is 4. The molecule has 2 amide bonds. The molecule has 0 aliphatic carbocycles. The van der Waals surface area contributed by atoms with Crippen LogP contribution < -0.4 is 15.6 Å². The largest absolute Gasteiger partial charge is 0.496 e. The van der Waals surface area contributed by atoms with E-state index >= 15 is 0 Å². The quantitative estimate of drug-likeness (QED) is 0.673. The van der Waals surface area contributed by atoms with Crippen LogP contribution in [0.5, 0.6) is 5.75 Å². The van der Waals surface area contributed by atoms with Gasteiger partial charge in [0.1, 0.15) is 5.75 Å². The summed E-state index contributed by atoms with van der Waals surface area (Å²) in [7, 11) is 1.57. The molecule has 0 radical (unpaired) electrons. The molecule has 0 atom stereocenters. The topological polar surface area (TPSA) is 67.4 Å². The number of benzene rings is 1. The van der Waals surface area contributed by atoms with Gasteiger partial charge in [-0.2, -0.15) is 0 Å². The fraction of sp³-hybridized carbons (Fsp3) is 0.125. The molecule has 5 nitrogen and oxygen atoms in total. The Kier molecular flexibility index (Phi) is 5.32. The molecule has 0 aliphatic rings. The van der Waals surface area contributed by atoms with Crippen LogP contribution in [0, 0.1) is 6.92 Å². The molecule has 0 saturated carbocycles. The van der Waals surface area contributed by atoms with Crippen LogP contribution in [0.4, 0.5) is 0 Å². The second-order valence-corrected chi connectivity index (χ2v) is 5.45. The molecule has 0 spiro atoms. The summed E-state index contributed by atoms with van der Waals surface area (Å²) in [6.07, 6.45) is 2.98. The van der Waals surface area contributed by atoms with E-state index in [4.69, 9.17) is 4.74 Å². The third-order valence-electron chi connectivity index (χ3n) is 2.84. The fourth-order valence-corrected chi connectivity index (χ4v) is 2.40. The number of carbonyl (C=O) groups excluding carboxylic acids is 2. The highest BCUT2D eigenvalue weighted by Crippen LogP contribution is 2.20. The predicted molar refractivity (Wildman–Crippen MR) is 86.7 cm³/mol. The zero-order chi connectivity index (χ0) is 15.9. The summed E-state index contributed by atoms with van der Waals surface area (Å²) >= 11 is 1.30. The van der Waals surface area contributed by atoms with Gasteiger partial charge in [-0.1, -0.05) is 17.7 Å². The maximum atomic E-state index is 11.7. The monoisotopic (exact) mass is 316 g/mol.